The van der Waals surface area contributed by atoms with Crippen molar-refractivity contribution >= 4 is 17.6 Å². The van der Waals surface area contributed by atoms with E-state index in [4.69, 9.17) is 16.3 Å². The highest BCUT2D eigenvalue weighted by atomic mass is 35.5. The van der Waals surface area contributed by atoms with E-state index in [1.807, 2.05) is 0 Å². The Morgan fingerprint density at radius 3 is 3.08 bits per heavy atom. The molecule has 0 aliphatic heterocycles. The van der Waals surface area contributed by atoms with Crippen LogP contribution < -0.4 is 0 Å². The van der Waals surface area contributed by atoms with E-state index >= 15 is 0 Å². The van der Waals surface area contributed by atoms with Crippen molar-refractivity contribution in [2.75, 3.05) is 6.61 Å². The SMILES string of the molecule is C=CCOC(=O)c1cncc(Cl)c1. The van der Waals surface area contributed by atoms with Crippen molar-refractivity contribution in [3.05, 3.63) is 41.7 Å². The number of carbonyl (C=O) groups is 1. The minimum atomic E-state index is -0.449. The number of hydrogen-bond donors (Lipinski definition) is 0. The number of carbonyl (C=O) groups excluding carboxylic acids is 1. The van der Waals surface area contributed by atoms with Crippen molar-refractivity contribution < 1.29 is 9.53 Å². The topological polar surface area (TPSA) is 39.2 Å². The fourth-order valence-electron chi connectivity index (χ4n) is 0.741. The summed E-state index contributed by atoms with van der Waals surface area (Å²) >= 11 is 5.63. The Balaban J connectivity index is 2.71. The van der Waals surface area contributed by atoms with Gasteiger partial charge in [0.25, 0.3) is 0 Å². The monoisotopic (exact) mass is 197 g/mol. The highest BCUT2D eigenvalue weighted by Gasteiger charge is 2.06. The zero-order valence-corrected chi connectivity index (χ0v) is 7.62. The highest BCUT2D eigenvalue weighted by Crippen LogP contribution is 2.09. The zero-order chi connectivity index (χ0) is 9.68. The summed E-state index contributed by atoms with van der Waals surface area (Å²) in [5.74, 6) is -0.449. The summed E-state index contributed by atoms with van der Waals surface area (Å²) < 4.78 is 4.78. The molecule has 1 heterocycles. The van der Waals surface area contributed by atoms with Gasteiger partial charge in [0.2, 0.25) is 0 Å². The number of nitrogens with zero attached hydrogens (tertiary/aromatic N) is 1. The number of aromatic nitrogens is 1. The Labute approximate surface area is 81.0 Å². The Kier molecular flexibility index (Phi) is 3.46. The van der Waals surface area contributed by atoms with Gasteiger partial charge in [0, 0.05) is 12.4 Å². The molecule has 0 spiro atoms. The summed E-state index contributed by atoms with van der Waals surface area (Å²) in [6.07, 6.45) is 4.35. The predicted molar refractivity (Wildman–Crippen MR) is 49.7 cm³/mol. The fourth-order valence-corrected chi connectivity index (χ4v) is 0.915. The summed E-state index contributed by atoms with van der Waals surface area (Å²) in [7, 11) is 0. The molecule has 1 aromatic heterocycles. The van der Waals surface area contributed by atoms with Crippen LogP contribution in [0, 0.1) is 0 Å². The van der Waals surface area contributed by atoms with Crippen molar-refractivity contribution in [3.63, 3.8) is 0 Å². The van der Waals surface area contributed by atoms with Gasteiger partial charge in [-0.3, -0.25) is 4.98 Å². The predicted octanol–water partition coefficient (Wildman–Crippen LogP) is 2.08. The minimum Gasteiger partial charge on any atom is -0.458 e. The molecule has 4 heteroatoms. The van der Waals surface area contributed by atoms with E-state index in [9.17, 15) is 4.79 Å². The van der Waals surface area contributed by atoms with E-state index in [2.05, 4.69) is 11.6 Å². The summed E-state index contributed by atoms with van der Waals surface area (Å²) in [6, 6.07) is 1.50. The van der Waals surface area contributed by atoms with E-state index < -0.39 is 5.97 Å². The van der Waals surface area contributed by atoms with Gasteiger partial charge in [-0.05, 0) is 6.07 Å². The number of esters is 1. The largest absolute Gasteiger partial charge is 0.458 e. The zero-order valence-electron chi connectivity index (χ0n) is 6.87. The Morgan fingerprint density at radius 2 is 2.46 bits per heavy atom. The maximum Gasteiger partial charge on any atom is 0.340 e. The van der Waals surface area contributed by atoms with Crippen LogP contribution in [-0.4, -0.2) is 17.6 Å². The normalized spacial score (nSPS) is 9.31. The molecule has 0 aliphatic rings. The molecule has 0 amide bonds. The van der Waals surface area contributed by atoms with Crippen LogP contribution in [0.15, 0.2) is 31.1 Å². The lowest BCUT2D eigenvalue weighted by Gasteiger charge is -2.00. The van der Waals surface area contributed by atoms with Gasteiger partial charge in [0.15, 0.2) is 0 Å². The second kappa shape index (κ2) is 4.62. The number of rotatable bonds is 3. The maximum absolute atomic E-state index is 11.2. The second-order valence-corrected chi connectivity index (χ2v) is 2.72. The van der Waals surface area contributed by atoms with E-state index in [0.29, 0.717) is 10.6 Å². The fraction of sp³-hybridized carbons (Fsp3) is 0.111. The van der Waals surface area contributed by atoms with E-state index in [0.717, 1.165) is 0 Å². The third kappa shape index (κ3) is 2.87. The minimum absolute atomic E-state index is 0.186. The van der Waals surface area contributed by atoms with Crippen molar-refractivity contribution in [2.45, 2.75) is 0 Å². The van der Waals surface area contributed by atoms with Gasteiger partial charge in [-0.2, -0.15) is 0 Å². The van der Waals surface area contributed by atoms with Crippen LogP contribution in [0.25, 0.3) is 0 Å². The molecule has 0 bridgehead atoms. The highest BCUT2D eigenvalue weighted by molar-refractivity contribution is 6.30. The molecule has 13 heavy (non-hydrogen) atoms. The van der Waals surface area contributed by atoms with Crippen LogP contribution >= 0.6 is 11.6 Å². The van der Waals surface area contributed by atoms with Gasteiger partial charge < -0.3 is 4.74 Å². The smallest absolute Gasteiger partial charge is 0.340 e. The molecule has 0 aromatic carbocycles. The lowest BCUT2D eigenvalue weighted by Crippen LogP contribution is -2.05. The third-order valence-electron chi connectivity index (χ3n) is 1.27. The molecule has 0 saturated heterocycles. The lowest BCUT2D eigenvalue weighted by molar-refractivity contribution is 0.0549. The van der Waals surface area contributed by atoms with Crippen LogP contribution in [0.3, 0.4) is 0 Å². The average molecular weight is 198 g/mol. The van der Waals surface area contributed by atoms with Gasteiger partial charge in [-0.15, -0.1) is 0 Å². The molecule has 0 N–H and O–H groups in total. The van der Waals surface area contributed by atoms with Crippen LogP contribution in [0.4, 0.5) is 0 Å². The van der Waals surface area contributed by atoms with Gasteiger partial charge in [-0.1, -0.05) is 24.3 Å². The summed E-state index contributed by atoms with van der Waals surface area (Å²) in [5.41, 5.74) is 0.342. The van der Waals surface area contributed by atoms with E-state index in [1.54, 1.807) is 0 Å². The number of pyridine rings is 1. The van der Waals surface area contributed by atoms with Gasteiger partial charge in [0.05, 0.1) is 10.6 Å². The molecule has 1 aromatic rings. The van der Waals surface area contributed by atoms with Gasteiger partial charge in [-0.25, -0.2) is 4.79 Å². The average Bonchev–Trinajstić information content (AvgIpc) is 2.14. The van der Waals surface area contributed by atoms with Crippen molar-refractivity contribution in [1.29, 1.82) is 0 Å². The summed E-state index contributed by atoms with van der Waals surface area (Å²) in [6.45, 7) is 3.61. The second-order valence-electron chi connectivity index (χ2n) is 2.28. The lowest BCUT2D eigenvalue weighted by atomic mass is 10.3. The Bertz CT molecular complexity index is 325. The van der Waals surface area contributed by atoms with E-state index in [1.165, 1.54) is 24.5 Å². The molecule has 1 rings (SSSR count). The van der Waals surface area contributed by atoms with Crippen molar-refractivity contribution in [2.24, 2.45) is 0 Å². The standard InChI is InChI=1S/C9H8ClNO2/c1-2-3-13-9(12)7-4-8(10)6-11-5-7/h2,4-6H,1,3H2. The Morgan fingerprint density at radius 1 is 1.69 bits per heavy atom. The van der Waals surface area contributed by atoms with Crippen LogP contribution in [0.1, 0.15) is 10.4 Å². The van der Waals surface area contributed by atoms with Crippen molar-refractivity contribution in [1.82, 2.24) is 4.98 Å². The summed E-state index contributed by atoms with van der Waals surface area (Å²) in [4.78, 5) is 14.9. The molecular formula is C9H8ClNO2. The molecule has 0 unspecified atom stereocenters. The van der Waals surface area contributed by atoms with Gasteiger partial charge >= 0.3 is 5.97 Å². The first-order chi connectivity index (χ1) is 6.24. The molecule has 0 atom stereocenters. The first kappa shape index (κ1) is 9.74. The molecule has 0 fully saturated rings. The third-order valence-corrected chi connectivity index (χ3v) is 1.48. The van der Waals surface area contributed by atoms with Crippen molar-refractivity contribution in [3.8, 4) is 0 Å². The first-order valence-electron chi connectivity index (χ1n) is 3.62. The number of ether oxygens (including phenoxy) is 1. The first-order valence-corrected chi connectivity index (χ1v) is 4.00. The van der Waals surface area contributed by atoms with E-state index in [-0.39, 0.29) is 6.61 Å². The molecule has 0 aliphatic carbocycles. The summed E-state index contributed by atoms with van der Waals surface area (Å²) in [5, 5.41) is 0.410. The number of hydrogen-bond acceptors (Lipinski definition) is 3. The molecule has 0 saturated carbocycles. The number of halogens is 1. The van der Waals surface area contributed by atoms with Crippen LogP contribution in [0.5, 0.6) is 0 Å². The van der Waals surface area contributed by atoms with Crippen LogP contribution in [0.2, 0.25) is 5.02 Å². The Hall–Kier alpha value is -1.35. The molecular weight excluding hydrogens is 190 g/mol. The molecule has 0 radical (unpaired) electrons. The maximum atomic E-state index is 11.2. The molecule has 3 nitrogen and oxygen atoms in total. The quantitative estimate of drug-likeness (QED) is 0.550. The van der Waals surface area contributed by atoms with Gasteiger partial charge in [0.1, 0.15) is 6.61 Å². The van der Waals surface area contributed by atoms with Crippen LogP contribution in [-0.2, 0) is 4.74 Å². The molecule has 68 valence electrons.